The van der Waals surface area contributed by atoms with E-state index in [0.717, 1.165) is 44.2 Å². The van der Waals surface area contributed by atoms with E-state index in [1.807, 2.05) is 0 Å². The normalized spacial score (nSPS) is 24.2. The van der Waals surface area contributed by atoms with Gasteiger partial charge in [-0.25, -0.2) is 9.59 Å². The molecule has 2 aliphatic carbocycles. The highest BCUT2D eigenvalue weighted by Gasteiger charge is 2.48. The Balaban J connectivity index is 1.80. The Morgan fingerprint density at radius 2 is 1.91 bits per heavy atom. The van der Waals surface area contributed by atoms with E-state index in [9.17, 15) is 22.8 Å². The third-order valence-corrected chi connectivity index (χ3v) is 7.09. The molecule has 0 N–H and O–H groups in total. The summed E-state index contributed by atoms with van der Waals surface area (Å²) in [6.45, 7) is 3.86. The lowest BCUT2D eigenvalue weighted by Gasteiger charge is -2.45. The first-order valence-electron chi connectivity index (χ1n) is 12.3. The maximum Gasteiger partial charge on any atom is 0.416 e. The van der Waals surface area contributed by atoms with Crippen molar-refractivity contribution in [3.8, 4) is 0 Å². The van der Waals surface area contributed by atoms with E-state index in [-0.39, 0.29) is 24.0 Å². The van der Waals surface area contributed by atoms with E-state index in [4.69, 9.17) is 9.47 Å². The van der Waals surface area contributed by atoms with Crippen molar-refractivity contribution in [1.82, 2.24) is 4.90 Å². The van der Waals surface area contributed by atoms with E-state index in [0.29, 0.717) is 24.2 Å². The van der Waals surface area contributed by atoms with Gasteiger partial charge in [-0.1, -0.05) is 12.2 Å². The molecule has 1 aliphatic heterocycles. The van der Waals surface area contributed by atoms with E-state index in [1.165, 1.54) is 18.1 Å². The molecule has 192 valence electrons. The van der Waals surface area contributed by atoms with Crippen LogP contribution in [0.25, 0.3) is 0 Å². The third kappa shape index (κ3) is 5.59. The Hall–Kier alpha value is -2.71. The number of benzene rings is 1. The number of amides is 2. The van der Waals surface area contributed by atoms with Gasteiger partial charge in [-0.3, -0.25) is 4.90 Å². The molecule has 4 rings (SSSR count). The number of hydrogen-bond donors (Lipinski definition) is 0. The number of nitrogens with zero attached hydrogens (tertiary/aromatic N) is 2. The summed E-state index contributed by atoms with van der Waals surface area (Å²) in [6.07, 6.45) is 2.89. The minimum absolute atomic E-state index is 0.191. The average Bonchev–Trinajstić information content (AvgIpc) is 3.66. The summed E-state index contributed by atoms with van der Waals surface area (Å²) in [5.74, 6) is 0.404. The fraction of sp³-hybridized carbons (Fsp3) is 0.615. The first-order chi connectivity index (χ1) is 16.6. The molecule has 9 heteroatoms. The summed E-state index contributed by atoms with van der Waals surface area (Å²) >= 11 is 0. The highest BCUT2D eigenvalue weighted by molar-refractivity contribution is 5.91. The van der Waals surface area contributed by atoms with Crippen LogP contribution >= 0.6 is 0 Å². The Bertz CT molecular complexity index is 974. The molecule has 35 heavy (non-hydrogen) atoms. The first-order valence-corrected chi connectivity index (χ1v) is 12.3. The van der Waals surface area contributed by atoms with E-state index in [2.05, 4.69) is 12.2 Å². The van der Waals surface area contributed by atoms with Crippen molar-refractivity contribution in [1.29, 1.82) is 0 Å². The van der Waals surface area contributed by atoms with Gasteiger partial charge in [-0.05, 0) is 88.0 Å². The number of fused-ring (bicyclic) bond motifs is 1. The van der Waals surface area contributed by atoms with Gasteiger partial charge in [0.2, 0.25) is 0 Å². The molecule has 1 fully saturated rings. The van der Waals surface area contributed by atoms with E-state index < -0.39 is 30.0 Å². The van der Waals surface area contributed by atoms with Crippen LogP contribution < -0.4 is 4.90 Å². The number of carbonyl (C=O) groups is 2. The van der Waals surface area contributed by atoms with Gasteiger partial charge < -0.3 is 14.4 Å². The van der Waals surface area contributed by atoms with Crippen molar-refractivity contribution in [3.05, 3.63) is 41.5 Å². The molecular formula is C26H33F3N2O4. The van der Waals surface area contributed by atoms with Gasteiger partial charge in [-0.2, -0.15) is 13.2 Å². The van der Waals surface area contributed by atoms with Crippen molar-refractivity contribution in [2.45, 2.75) is 76.7 Å². The number of alkyl halides is 3. The summed E-state index contributed by atoms with van der Waals surface area (Å²) in [4.78, 5) is 29.2. The Labute approximate surface area is 204 Å². The number of hydrogen-bond acceptors (Lipinski definition) is 4. The van der Waals surface area contributed by atoms with Crippen LogP contribution in [0.3, 0.4) is 0 Å². The van der Waals surface area contributed by atoms with Crippen LogP contribution in [0.2, 0.25) is 0 Å². The standard InChI is InChI=1S/C26H33F3N2O4/c1-16(2)35-25(33)31-21-12-11-19(26(27,28)29)13-20(21)23(14-22(31)18-9-10-18)30(24(32)34-3)15-17-7-5-4-6-8-17/h4-5,11-13,16-18,22-23H,6-10,14-15H2,1-3H3/t17?,22-,23-/m1/s1. The fourth-order valence-electron chi connectivity index (χ4n) is 5.28. The van der Waals surface area contributed by atoms with Crippen LogP contribution in [0.15, 0.2) is 30.4 Å². The molecule has 1 unspecified atom stereocenters. The van der Waals surface area contributed by atoms with Crippen molar-refractivity contribution in [2.75, 3.05) is 18.6 Å². The minimum Gasteiger partial charge on any atom is -0.453 e. The van der Waals surface area contributed by atoms with E-state index >= 15 is 0 Å². The third-order valence-electron chi connectivity index (χ3n) is 7.09. The molecule has 1 aromatic rings. The van der Waals surface area contributed by atoms with Gasteiger partial charge in [0.15, 0.2) is 0 Å². The second-order valence-corrected chi connectivity index (χ2v) is 10.0. The molecule has 0 saturated heterocycles. The van der Waals surface area contributed by atoms with Gasteiger partial charge >= 0.3 is 18.4 Å². The summed E-state index contributed by atoms with van der Waals surface area (Å²) in [6, 6.07) is 2.51. The number of ether oxygens (including phenoxy) is 2. The molecule has 0 radical (unpaired) electrons. The summed E-state index contributed by atoms with van der Waals surface area (Å²) in [5, 5.41) is 0. The first kappa shape index (κ1) is 25.4. The number of methoxy groups -OCH3 is 1. The van der Waals surface area contributed by atoms with Crippen LogP contribution in [0.1, 0.15) is 69.5 Å². The summed E-state index contributed by atoms with van der Waals surface area (Å²) in [5.41, 5.74) is -0.142. The SMILES string of the molecule is COC(=O)N(CC1CC=CCC1)[C@@H]1C[C@H](C2CC2)N(C(=O)OC(C)C)c2ccc(C(F)(F)F)cc21. The highest BCUT2D eigenvalue weighted by atomic mass is 19.4. The van der Waals surface area contributed by atoms with Gasteiger partial charge in [0.25, 0.3) is 0 Å². The number of anilines is 1. The van der Waals surface area contributed by atoms with Gasteiger partial charge in [-0.15, -0.1) is 0 Å². The second-order valence-electron chi connectivity index (χ2n) is 10.0. The van der Waals surface area contributed by atoms with Crippen LogP contribution in [-0.2, 0) is 15.7 Å². The maximum absolute atomic E-state index is 13.7. The van der Waals surface area contributed by atoms with Crippen LogP contribution in [-0.4, -0.2) is 42.9 Å². The van der Waals surface area contributed by atoms with Crippen molar-refractivity contribution in [3.63, 3.8) is 0 Å². The smallest absolute Gasteiger partial charge is 0.416 e. The predicted octanol–water partition coefficient (Wildman–Crippen LogP) is 6.70. The number of allylic oxidation sites excluding steroid dienone is 2. The largest absolute Gasteiger partial charge is 0.453 e. The lowest BCUT2D eigenvalue weighted by molar-refractivity contribution is -0.137. The molecule has 6 nitrogen and oxygen atoms in total. The lowest BCUT2D eigenvalue weighted by atomic mass is 9.85. The monoisotopic (exact) mass is 494 g/mol. The number of carbonyl (C=O) groups excluding carboxylic acids is 2. The van der Waals surface area contributed by atoms with Gasteiger partial charge in [0.1, 0.15) is 0 Å². The predicted molar refractivity (Wildman–Crippen MR) is 125 cm³/mol. The lowest BCUT2D eigenvalue weighted by Crippen LogP contribution is -2.51. The molecule has 1 aromatic carbocycles. The Kier molecular flexibility index (Phi) is 7.33. The number of rotatable bonds is 5. The average molecular weight is 495 g/mol. The molecule has 3 atom stereocenters. The molecular weight excluding hydrogens is 461 g/mol. The topological polar surface area (TPSA) is 59.1 Å². The van der Waals surface area contributed by atoms with Crippen LogP contribution in [0.5, 0.6) is 0 Å². The molecule has 0 bridgehead atoms. The quantitative estimate of drug-likeness (QED) is 0.427. The molecule has 1 saturated carbocycles. The molecule has 0 spiro atoms. The fourth-order valence-corrected chi connectivity index (χ4v) is 5.28. The van der Waals surface area contributed by atoms with Gasteiger partial charge in [0.05, 0.1) is 30.5 Å². The van der Waals surface area contributed by atoms with Crippen LogP contribution in [0, 0.1) is 11.8 Å². The molecule has 1 heterocycles. The zero-order valence-electron chi connectivity index (χ0n) is 20.4. The summed E-state index contributed by atoms with van der Waals surface area (Å²) in [7, 11) is 1.29. The Morgan fingerprint density at radius 1 is 1.17 bits per heavy atom. The second kappa shape index (κ2) is 10.1. The Morgan fingerprint density at radius 3 is 2.49 bits per heavy atom. The molecule has 2 amide bonds. The zero-order chi connectivity index (χ0) is 25.3. The summed E-state index contributed by atoms with van der Waals surface area (Å²) < 4.78 is 51.7. The van der Waals surface area contributed by atoms with Crippen molar-refractivity contribution < 1.29 is 32.2 Å². The van der Waals surface area contributed by atoms with E-state index in [1.54, 1.807) is 18.7 Å². The zero-order valence-corrected chi connectivity index (χ0v) is 20.4. The highest BCUT2D eigenvalue weighted by Crippen LogP contribution is 2.50. The maximum atomic E-state index is 13.7. The molecule has 0 aromatic heterocycles. The number of halogens is 3. The van der Waals surface area contributed by atoms with Gasteiger partial charge in [0, 0.05) is 12.6 Å². The van der Waals surface area contributed by atoms with Crippen LogP contribution in [0.4, 0.5) is 28.4 Å². The van der Waals surface area contributed by atoms with Crippen molar-refractivity contribution >= 4 is 17.9 Å². The molecule has 3 aliphatic rings. The van der Waals surface area contributed by atoms with Crippen molar-refractivity contribution in [2.24, 2.45) is 11.8 Å². The minimum atomic E-state index is -4.56.